The van der Waals surface area contributed by atoms with E-state index in [0.717, 1.165) is 15.8 Å². The zero-order valence-electron chi connectivity index (χ0n) is 12.6. The van der Waals surface area contributed by atoms with Gasteiger partial charge in [0.25, 0.3) is 5.56 Å². The van der Waals surface area contributed by atoms with E-state index in [9.17, 15) is 9.90 Å². The van der Waals surface area contributed by atoms with Crippen LogP contribution in [-0.2, 0) is 7.05 Å². The Balaban J connectivity index is 2.38. The van der Waals surface area contributed by atoms with E-state index in [1.165, 1.54) is 13.3 Å². The summed E-state index contributed by atoms with van der Waals surface area (Å²) < 4.78 is 1.03. The lowest BCUT2D eigenvalue weighted by atomic mass is 10.1. The van der Waals surface area contributed by atoms with Crippen molar-refractivity contribution in [3.8, 4) is 11.9 Å². The lowest BCUT2D eigenvalue weighted by Crippen LogP contribution is -2.22. The number of aryl methyl sites for hydroxylation is 1. The van der Waals surface area contributed by atoms with Crippen LogP contribution in [0.25, 0.3) is 0 Å². The first-order valence-corrected chi connectivity index (χ1v) is 6.64. The van der Waals surface area contributed by atoms with Gasteiger partial charge in [-0.1, -0.05) is 12.1 Å². The number of hydrogen-bond donors (Lipinski definition) is 2. The van der Waals surface area contributed by atoms with Crippen LogP contribution >= 0.6 is 0 Å². The van der Waals surface area contributed by atoms with Gasteiger partial charge in [0.05, 0.1) is 17.5 Å². The molecule has 0 aliphatic carbocycles. The van der Waals surface area contributed by atoms with E-state index < -0.39 is 5.56 Å². The van der Waals surface area contributed by atoms with Gasteiger partial charge in [-0.2, -0.15) is 10.4 Å². The molecule has 6 nitrogen and oxygen atoms in total. The second kappa shape index (κ2) is 6.14. The zero-order chi connectivity index (χ0) is 16.3. The summed E-state index contributed by atoms with van der Waals surface area (Å²) in [5, 5.41) is 23.2. The molecule has 2 aromatic rings. The van der Waals surface area contributed by atoms with Crippen molar-refractivity contribution in [2.45, 2.75) is 13.8 Å². The number of hydrazone groups is 1. The van der Waals surface area contributed by atoms with Crippen molar-refractivity contribution < 1.29 is 5.11 Å². The summed E-state index contributed by atoms with van der Waals surface area (Å²) in [5.41, 5.74) is 4.95. The number of aromatic nitrogens is 1. The second-order valence-electron chi connectivity index (χ2n) is 4.95. The van der Waals surface area contributed by atoms with Crippen molar-refractivity contribution in [3.05, 3.63) is 56.9 Å². The fourth-order valence-corrected chi connectivity index (χ4v) is 2.08. The van der Waals surface area contributed by atoms with E-state index in [1.807, 2.05) is 37.3 Å². The molecule has 2 rings (SSSR count). The van der Waals surface area contributed by atoms with E-state index in [1.54, 1.807) is 6.92 Å². The topological polar surface area (TPSA) is 90.4 Å². The molecule has 0 spiro atoms. The number of pyridine rings is 1. The summed E-state index contributed by atoms with van der Waals surface area (Å²) in [7, 11) is 1.41. The van der Waals surface area contributed by atoms with Crippen molar-refractivity contribution in [2.75, 3.05) is 5.43 Å². The Labute approximate surface area is 128 Å². The smallest absolute Gasteiger partial charge is 0.271 e. The van der Waals surface area contributed by atoms with E-state index in [0.29, 0.717) is 11.1 Å². The molecule has 6 heteroatoms. The van der Waals surface area contributed by atoms with E-state index >= 15 is 0 Å². The molecule has 0 aliphatic heterocycles. The predicted molar refractivity (Wildman–Crippen MR) is 85.2 cm³/mol. The van der Waals surface area contributed by atoms with Gasteiger partial charge in [0.2, 0.25) is 5.88 Å². The Bertz CT molecular complexity index is 844. The molecule has 22 heavy (non-hydrogen) atoms. The normalized spacial score (nSPS) is 10.6. The third kappa shape index (κ3) is 2.83. The average Bonchev–Trinajstić information content (AvgIpc) is 2.49. The summed E-state index contributed by atoms with van der Waals surface area (Å²) >= 11 is 0. The molecule has 0 atom stereocenters. The Morgan fingerprint density at radius 3 is 2.77 bits per heavy atom. The molecular formula is C16H16N4O2. The maximum Gasteiger partial charge on any atom is 0.271 e. The molecule has 0 radical (unpaired) electrons. The van der Waals surface area contributed by atoms with Crippen LogP contribution < -0.4 is 11.0 Å². The van der Waals surface area contributed by atoms with Crippen molar-refractivity contribution in [2.24, 2.45) is 12.1 Å². The molecule has 0 bridgehead atoms. The third-order valence-electron chi connectivity index (χ3n) is 3.37. The van der Waals surface area contributed by atoms with Crippen LogP contribution in [0.3, 0.4) is 0 Å². The molecule has 0 amide bonds. The van der Waals surface area contributed by atoms with Gasteiger partial charge in [-0.3, -0.25) is 14.8 Å². The number of benzene rings is 1. The summed E-state index contributed by atoms with van der Waals surface area (Å²) in [5.74, 6) is -0.226. The van der Waals surface area contributed by atoms with Crippen molar-refractivity contribution in [1.29, 1.82) is 5.26 Å². The van der Waals surface area contributed by atoms with Crippen LogP contribution in [0.15, 0.2) is 34.2 Å². The SMILES string of the molecule is Cc1cccc(N/N=C/c2c(C)c(C#N)c(=O)n(C)c2O)c1. The Hall–Kier alpha value is -3.07. The molecule has 2 N–H and O–H groups in total. The molecule has 1 aromatic carbocycles. The van der Waals surface area contributed by atoms with Gasteiger partial charge in [0, 0.05) is 7.05 Å². The zero-order valence-corrected chi connectivity index (χ0v) is 12.6. The number of nitriles is 1. The quantitative estimate of drug-likeness (QED) is 0.669. The van der Waals surface area contributed by atoms with Crippen LogP contribution in [-0.4, -0.2) is 15.9 Å². The van der Waals surface area contributed by atoms with Gasteiger partial charge in [-0.05, 0) is 37.1 Å². The largest absolute Gasteiger partial charge is 0.494 e. The summed E-state index contributed by atoms with van der Waals surface area (Å²) in [6.07, 6.45) is 1.40. The van der Waals surface area contributed by atoms with Gasteiger partial charge in [0.15, 0.2) is 0 Å². The highest BCUT2D eigenvalue weighted by Gasteiger charge is 2.15. The van der Waals surface area contributed by atoms with Crippen molar-refractivity contribution in [3.63, 3.8) is 0 Å². The highest BCUT2D eigenvalue weighted by atomic mass is 16.3. The van der Waals surface area contributed by atoms with E-state index in [-0.39, 0.29) is 11.4 Å². The fourth-order valence-electron chi connectivity index (χ4n) is 2.08. The van der Waals surface area contributed by atoms with Crippen LogP contribution in [0.1, 0.15) is 22.3 Å². The first-order chi connectivity index (χ1) is 10.5. The minimum atomic E-state index is -0.527. The monoisotopic (exact) mass is 296 g/mol. The van der Waals surface area contributed by atoms with Gasteiger partial charge in [-0.25, -0.2) is 0 Å². The number of nitrogens with zero attached hydrogens (tertiary/aromatic N) is 3. The molecule has 0 aliphatic rings. The lowest BCUT2D eigenvalue weighted by molar-refractivity contribution is 0.421. The lowest BCUT2D eigenvalue weighted by Gasteiger charge is -2.09. The van der Waals surface area contributed by atoms with Crippen LogP contribution in [0.2, 0.25) is 0 Å². The van der Waals surface area contributed by atoms with Gasteiger partial charge < -0.3 is 5.11 Å². The minimum absolute atomic E-state index is 0.00249. The van der Waals surface area contributed by atoms with Crippen LogP contribution in [0, 0.1) is 25.2 Å². The van der Waals surface area contributed by atoms with Crippen LogP contribution in [0.5, 0.6) is 5.88 Å². The molecule has 112 valence electrons. The number of anilines is 1. The second-order valence-corrected chi connectivity index (χ2v) is 4.95. The van der Waals surface area contributed by atoms with Crippen LogP contribution in [0.4, 0.5) is 5.69 Å². The minimum Gasteiger partial charge on any atom is -0.494 e. The molecule has 0 saturated carbocycles. The third-order valence-corrected chi connectivity index (χ3v) is 3.37. The van der Waals surface area contributed by atoms with Gasteiger partial charge >= 0.3 is 0 Å². The molecule has 1 aromatic heterocycles. The number of rotatable bonds is 3. The first kappa shape index (κ1) is 15.3. The Kier molecular flexibility index (Phi) is 4.28. The Morgan fingerprint density at radius 1 is 1.41 bits per heavy atom. The molecule has 1 heterocycles. The van der Waals surface area contributed by atoms with Gasteiger partial charge in [-0.15, -0.1) is 0 Å². The fraction of sp³-hybridized carbons (Fsp3) is 0.188. The molecular weight excluding hydrogens is 280 g/mol. The number of hydrogen-bond acceptors (Lipinski definition) is 5. The summed E-state index contributed by atoms with van der Waals surface area (Å²) in [4.78, 5) is 11.8. The first-order valence-electron chi connectivity index (χ1n) is 6.64. The predicted octanol–water partition coefficient (Wildman–Crippen LogP) is 2.03. The average molecular weight is 296 g/mol. The number of nitrogens with one attached hydrogen (secondary N) is 1. The summed E-state index contributed by atoms with van der Waals surface area (Å²) in [6.45, 7) is 3.57. The highest BCUT2D eigenvalue weighted by molar-refractivity contribution is 5.86. The standard InChI is InChI=1S/C16H16N4O2/c1-10-5-4-6-12(7-10)19-18-9-14-11(2)13(8-17)15(21)20(3)16(14)22/h4-7,9,19,22H,1-3H3/b18-9+. The van der Waals surface area contributed by atoms with Crippen molar-refractivity contribution >= 4 is 11.9 Å². The van der Waals surface area contributed by atoms with Crippen molar-refractivity contribution in [1.82, 2.24) is 4.57 Å². The molecule has 0 unspecified atom stereocenters. The Morgan fingerprint density at radius 2 is 2.14 bits per heavy atom. The maximum atomic E-state index is 11.8. The molecule has 0 fully saturated rings. The van der Waals surface area contributed by atoms with Gasteiger partial charge in [0.1, 0.15) is 11.6 Å². The summed E-state index contributed by atoms with van der Waals surface area (Å²) in [6, 6.07) is 9.51. The molecule has 0 saturated heterocycles. The van der Waals surface area contributed by atoms with E-state index in [4.69, 9.17) is 5.26 Å². The van der Waals surface area contributed by atoms with E-state index in [2.05, 4.69) is 10.5 Å². The maximum absolute atomic E-state index is 11.8. The highest BCUT2D eigenvalue weighted by Crippen LogP contribution is 2.18. The number of aromatic hydroxyl groups is 1.